The largest absolute Gasteiger partial charge is 0.497 e. The molecule has 0 radical (unpaired) electrons. The second kappa shape index (κ2) is 5.53. The van der Waals surface area contributed by atoms with Gasteiger partial charge < -0.3 is 26.0 Å². The average Bonchev–Trinajstić information content (AvgIpc) is 2.51. The normalized spacial score (nSPS) is 11.2. The van der Waals surface area contributed by atoms with E-state index in [0.717, 1.165) is 0 Å². The van der Waals surface area contributed by atoms with Crippen LogP contribution in [0.15, 0.2) is 30.3 Å². The Balaban J connectivity index is 2.90. The summed E-state index contributed by atoms with van der Waals surface area (Å²) in [7, 11) is 2.85. The smallest absolute Gasteiger partial charge is 0.264 e. The van der Waals surface area contributed by atoms with E-state index in [1.165, 1.54) is 20.3 Å². The minimum Gasteiger partial charge on any atom is -0.497 e. The molecular formula is C15H16N2O5. The van der Waals surface area contributed by atoms with Crippen molar-refractivity contribution in [1.82, 2.24) is 0 Å². The molecule has 116 valence electrons. The Bertz CT molecular complexity index is 743. The molecule has 2 amide bonds. The molecule has 2 aromatic rings. The molecular weight excluding hydrogens is 288 g/mol. The van der Waals surface area contributed by atoms with E-state index in [1.807, 2.05) is 0 Å². The number of benzene rings is 2. The number of aliphatic hydroxyl groups is 1. The van der Waals surface area contributed by atoms with Crippen LogP contribution in [0.1, 0.15) is 5.56 Å². The first-order valence-corrected chi connectivity index (χ1v) is 6.33. The third-order valence-corrected chi connectivity index (χ3v) is 3.48. The number of carbonyl (C=O) groups is 2. The van der Waals surface area contributed by atoms with E-state index < -0.39 is 17.4 Å². The summed E-state index contributed by atoms with van der Waals surface area (Å²) in [5.41, 5.74) is 7.64. The summed E-state index contributed by atoms with van der Waals surface area (Å²) >= 11 is 0. The maximum absolute atomic E-state index is 11.7. The Hall–Kier alpha value is -2.80. The van der Waals surface area contributed by atoms with Crippen molar-refractivity contribution in [2.24, 2.45) is 11.5 Å². The molecule has 0 aliphatic heterocycles. The predicted molar refractivity (Wildman–Crippen MR) is 79.3 cm³/mol. The number of carbonyl (C=O) groups excluding carboxylic acids is 2. The summed E-state index contributed by atoms with van der Waals surface area (Å²) in [6, 6.07) is 8.09. The summed E-state index contributed by atoms with van der Waals surface area (Å²) < 4.78 is 10.3. The number of hydrogen-bond acceptors (Lipinski definition) is 5. The predicted octanol–water partition coefficient (Wildman–Crippen LogP) is 0.0152. The highest BCUT2D eigenvalue weighted by molar-refractivity contribution is 6.11. The Morgan fingerprint density at radius 1 is 1.05 bits per heavy atom. The highest BCUT2D eigenvalue weighted by atomic mass is 16.5. The van der Waals surface area contributed by atoms with Crippen molar-refractivity contribution in [3.05, 3.63) is 35.9 Å². The maximum atomic E-state index is 11.7. The minimum absolute atomic E-state index is 0.0878. The zero-order valence-electron chi connectivity index (χ0n) is 12.1. The van der Waals surface area contributed by atoms with Crippen molar-refractivity contribution in [3.8, 4) is 11.5 Å². The van der Waals surface area contributed by atoms with E-state index in [-0.39, 0.29) is 11.3 Å². The highest BCUT2D eigenvalue weighted by Gasteiger charge is 2.46. The molecule has 5 N–H and O–H groups in total. The van der Waals surface area contributed by atoms with Gasteiger partial charge in [-0.3, -0.25) is 9.59 Å². The number of fused-ring (bicyclic) bond motifs is 1. The monoisotopic (exact) mass is 304 g/mol. The molecule has 0 bridgehead atoms. The number of methoxy groups -OCH3 is 2. The molecule has 0 heterocycles. The fourth-order valence-corrected chi connectivity index (χ4v) is 2.33. The van der Waals surface area contributed by atoms with Crippen molar-refractivity contribution >= 4 is 22.6 Å². The van der Waals surface area contributed by atoms with Crippen LogP contribution in [0.4, 0.5) is 0 Å². The van der Waals surface area contributed by atoms with Crippen LogP contribution in [0.2, 0.25) is 0 Å². The van der Waals surface area contributed by atoms with Crippen molar-refractivity contribution in [2.75, 3.05) is 14.2 Å². The van der Waals surface area contributed by atoms with Gasteiger partial charge in [-0.2, -0.15) is 0 Å². The second-order valence-corrected chi connectivity index (χ2v) is 4.67. The Kier molecular flexibility index (Phi) is 3.92. The van der Waals surface area contributed by atoms with E-state index in [0.29, 0.717) is 16.5 Å². The molecule has 0 unspecified atom stereocenters. The van der Waals surface area contributed by atoms with Crippen LogP contribution >= 0.6 is 0 Å². The third-order valence-electron chi connectivity index (χ3n) is 3.48. The van der Waals surface area contributed by atoms with E-state index in [9.17, 15) is 14.7 Å². The lowest BCUT2D eigenvalue weighted by atomic mass is 9.87. The summed E-state index contributed by atoms with van der Waals surface area (Å²) in [4.78, 5) is 23.4. The fourth-order valence-electron chi connectivity index (χ4n) is 2.33. The zero-order valence-corrected chi connectivity index (χ0v) is 12.1. The number of primary amides is 2. The van der Waals surface area contributed by atoms with Gasteiger partial charge in [0, 0.05) is 0 Å². The van der Waals surface area contributed by atoms with Crippen LogP contribution in [0.5, 0.6) is 11.5 Å². The lowest BCUT2D eigenvalue weighted by molar-refractivity contribution is -0.150. The van der Waals surface area contributed by atoms with Gasteiger partial charge in [0.1, 0.15) is 11.5 Å². The van der Waals surface area contributed by atoms with Crippen molar-refractivity contribution in [1.29, 1.82) is 0 Å². The first kappa shape index (κ1) is 15.6. The Morgan fingerprint density at radius 3 is 2.18 bits per heavy atom. The Morgan fingerprint density at radius 2 is 1.68 bits per heavy atom. The molecule has 0 saturated heterocycles. The third kappa shape index (κ3) is 2.21. The van der Waals surface area contributed by atoms with Crippen LogP contribution in [0.3, 0.4) is 0 Å². The highest BCUT2D eigenvalue weighted by Crippen LogP contribution is 2.37. The summed E-state index contributed by atoms with van der Waals surface area (Å²) in [5.74, 6) is -1.86. The Labute approximate surface area is 126 Å². The molecule has 0 spiro atoms. The van der Waals surface area contributed by atoms with Crippen molar-refractivity contribution in [3.63, 3.8) is 0 Å². The number of amides is 2. The molecule has 22 heavy (non-hydrogen) atoms. The minimum atomic E-state index is -2.68. The van der Waals surface area contributed by atoms with Gasteiger partial charge in [0.05, 0.1) is 19.8 Å². The molecule has 7 heteroatoms. The fraction of sp³-hybridized carbons (Fsp3) is 0.200. The second-order valence-electron chi connectivity index (χ2n) is 4.67. The molecule has 0 fully saturated rings. The molecule has 2 rings (SSSR count). The number of ether oxygens (including phenoxy) is 2. The van der Waals surface area contributed by atoms with Gasteiger partial charge in [-0.05, 0) is 29.0 Å². The molecule has 2 aromatic carbocycles. The van der Waals surface area contributed by atoms with Crippen LogP contribution < -0.4 is 20.9 Å². The van der Waals surface area contributed by atoms with E-state index in [2.05, 4.69) is 0 Å². The van der Waals surface area contributed by atoms with Gasteiger partial charge in [-0.1, -0.05) is 12.1 Å². The quantitative estimate of drug-likeness (QED) is 0.671. The van der Waals surface area contributed by atoms with Crippen molar-refractivity contribution in [2.45, 2.75) is 5.60 Å². The number of nitrogens with two attached hydrogens (primary N) is 2. The lowest BCUT2D eigenvalue weighted by Crippen LogP contribution is -2.51. The van der Waals surface area contributed by atoms with Crippen molar-refractivity contribution < 1.29 is 24.2 Å². The van der Waals surface area contributed by atoms with Gasteiger partial charge in [-0.15, -0.1) is 0 Å². The topological polar surface area (TPSA) is 125 Å². The molecule has 0 saturated carbocycles. The summed E-state index contributed by atoms with van der Waals surface area (Å²) in [5, 5.41) is 11.5. The van der Waals surface area contributed by atoms with E-state index >= 15 is 0 Å². The van der Waals surface area contributed by atoms with Gasteiger partial charge >= 0.3 is 0 Å². The zero-order chi connectivity index (χ0) is 16.5. The first-order chi connectivity index (χ1) is 10.4. The average molecular weight is 304 g/mol. The molecule has 0 aliphatic rings. The van der Waals surface area contributed by atoms with Gasteiger partial charge in [0.2, 0.25) is 0 Å². The van der Waals surface area contributed by atoms with Crippen LogP contribution in [-0.2, 0) is 15.2 Å². The standard InChI is InChI=1S/C15H16N2O5/c1-21-9-4-5-10-8(7-9)3-6-11(22-2)12(10)15(20,13(16)18)14(17)19/h3-7,20H,1-2H3,(H2,16,18)(H2,17,19). The number of rotatable bonds is 5. The van der Waals surface area contributed by atoms with Crippen LogP contribution in [0, 0.1) is 0 Å². The lowest BCUT2D eigenvalue weighted by Gasteiger charge is -2.25. The SMILES string of the molecule is COc1ccc2c(C(O)(C(N)=O)C(N)=O)c(OC)ccc2c1. The van der Waals surface area contributed by atoms with Crippen LogP contribution in [-0.4, -0.2) is 31.1 Å². The number of hydrogen-bond donors (Lipinski definition) is 3. The molecule has 7 nitrogen and oxygen atoms in total. The van der Waals surface area contributed by atoms with Gasteiger partial charge in [0.25, 0.3) is 17.4 Å². The molecule has 0 aliphatic carbocycles. The summed E-state index contributed by atoms with van der Waals surface area (Å²) in [6.45, 7) is 0. The molecule has 0 atom stereocenters. The summed E-state index contributed by atoms with van der Waals surface area (Å²) in [6.07, 6.45) is 0. The first-order valence-electron chi connectivity index (χ1n) is 6.33. The maximum Gasteiger partial charge on any atom is 0.264 e. The van der Waals surface area contributed by atoms with Crippen LogP contribution in [0.25, 0.3) is 10.8 Å². The molecule has 0 aromatic heterocycles. The van der Waals surface area contributed by atoms with E-state index in [4.69, 9.17) is 20.9 Å². The van der Waals surface area contributed by atoms with Gasteiger partial charge in [0.15, 0.2) is 0 Å². The van der Waals surface area contributed by atoms with E-state index in [1.54, 1.807) is 24.3 Å². The van der Waals surface area contributed by atoms with Gasteiger partial charge in [-0.25, -0.2) is 0 Å².